The number of aromatic nitrogens is 2. The molecule has 4 heterocycles. The highest BCUT2D eigenvalue weighted by Crippen LogP contribution is 2.26. The topological polar surface area (TPSA) is 58.6 Å². The Hall–Kier alpha value is -2.83. The molecule has 2 fully saturated rings. The maximum atomic E-state index is 13.5. The number of amides is 1. The van der Waals surface area contributed by atoms with E-state index in [4.69, 9.17) is 9.72 Å². The molecule has 154 valence electrons. The molecule has 6 heteroatoms. The van der Waals surface area contributed by atoms with Gasteiger partial charge in [0.05, 0.1) is 22.9 Å². The molecule has 2 aliphatic rings. The molecule has 3 aromatic rings. The second kappa shape index (κ2) is 8.50. The lowest BCUT2D eigenvalue weighted by molar-refractivity contribution is 0.0433. The zero-order valence-corrected chi connectivity index (χ0v) is 17.0. The number of hydrogen-bond acceptors (Lipinski definition) is 5. The molecule has 0 radical (unpaired) electrons. The Bertz CT molecular complexity index is 1030. The van der Waals surface area contributed by atoms with Crippen molar-refractivity contribution in [2.45, 2.75) is 18.9 Å². The molecular weight excluding hydrogens is 376 g/mol. The number of piperazine rings is 1. The summed E-state index contributed by atoms with van der Waals surface area (Å²) in [5.41, 5.74) is 3.33. The summed E-state index contributed by atoms with van der Waals surface area (Å²) in [6, 6.07) is 13.7. The van der Waals surface area contributed by atoms with Crippen molar-refractivity contribution in [3.63, 3.8) is 0 Å². The predicted molar refractivity (Wildman–Crippen MR) is 116 cm³/mol. The van der Waals surface area contributed by atoms with Crippen LogP contribution >= 0.6 is 0 Å². The molecule has 1 unspecified atom stereocenters. The van der Waals surface area contributed by atoms with Crippen LogP contribution in [0, 0.1) is 0 Å². The lowest BCUT2D eigenvalue weighted by Crippen LogP contribution is -2.50. The number of fused-ring (bicyclic) bond motifs is 1. The number of nitrogens with zero attached hydrogens (tertiary/aromatic N) is 4. The summed E-state index contributed by atoms with van der Waals surface area (Å²) in [6.45, 7) is 5.14. The Kier molecular flexibility index (Phi) is 5.43. The highest BCUT2D eigenvalue weighted by Gasteiger charge is 2.26. The molecule has 1 amide bonds. The summed E-state index contributed by atoms with van der Waals surface area (Å²) < 4.78 is 5.77. The van der Waals surface area contributed by atoms with E-state index in [9.17, 15) is 4.79 Å². The summed E-state index contributed by atoms with van der Waals surface area (Å²) >= 11 is 0. The highest BCUT2D eigenvalue weighted by atomic mass is 16.5. The number of carbonyl (C=O) groups excluding carboxylic acids is 1. The van der Waals surface area contributed by atoms with E-state index < -0.39 is 0 Å². The average molecular weight is 402 g/mol. The fourth-order valence-electron chi connectivity index (χ4n) is 4.40. The molecule has 2 aliphatic heterocycles. The van der Waals surface area contributed by atoms with Gasteiger partial charge >= 0.3 is 0 Å². The molecular formula is C24H26N4O2. The molecule has 5 rings (SSSR count). The van der Waals surface area contributed by atoms with Crippen molar-refractivity contribution in [3.05, 3.63) is 60.4 Å². The molecule has 0 N–H and O–H groups in total. The standard InChI is InChI=1S/C24H26N4O2/c29-24(28-13-11-27(12-14-28)17-19-4-3-15-30-19)21-16-23(18-7-9-25-10-8-18)26-22-6-2-1-5-20(21)22/h1-2,5-10,16,19H,3-4,11-15,17H2. The number of hydrogen-bond donors (Lipinski definition) is 0. The Morgan fingerprint density at radius 1 is 1.07 bits per heavy atom. The lowest BCUT2D eigenvalue weighted by atomic mass is 10.0. The van der Waals surface area contributed by atoms with Crippen LogP contribution in [0.3, 0.4) is 0 Å². The first-order valence-electron chi connectivity index (χ1n) is 10.7. The van der Waals surface area contributed by atoms with Gasteiger partial charge in [0.1, 0.15) is 0 Å². The third-order valence-electron chi connectivity index (χ3n) is 6.07. The quantitative estimate of drug-likeness (QED) is 0.671. The van der Waals surface area contributed by atoms with Crippen molar-refractivity contribution in [2.24, 2.45) is 0 Å². The van der Waals surface area contributed by atoms with E-state index in [1.54, 1.807) is 12.4 Å². The molecule has 6 nitrogen and oxygen atoms in total. The molecule has 0 aliphatic carbocycles. The van der Waals surface area contributed by atoms with Gasteiger partial charge in [-0.1, -0.05) is 18.2 Å². The summed E-state index contributed by atoms with van der Waals surface area (Å²) in [7, 11) is 0. The van der Waals surface area contributed by atoms with Crippen LogP contribution in [0.15, 0.2) is 54.9 Å². The van der Waals surface area contributed by atoms with Crippen molar-refractivity contribution < 1.29 is 9.53 Å². The first-order chi connectivity index (χ1) is 14.8. The Morgan fingerprint density at radius 3 is 2.63 bits per heavy atom. The minimum atomic E-state index is 0.0840. The van der Waals surface area contributed by atoms with Gasteiger partial charge in [-0.05, 0) is 37.1 Å². The Morgan fingerprint density at radius 2 is 1.87 bits per heavy atom. The van der Waals surface area contributed by atoms with Crippen LogP contribution in [0.5, 0.6) is 0 Å². The number of ether oxygens (including phenoxy) is 1. The molecule has 2 aromatic heterocycles. The number of rotatable bonds is 4. The van der Waals surface area contributed by atoms with Gasteiger partial charge in [0.2, 0.25) is 0 Å². The minimum Gasteiger partial charge on any atom is -0.377 e. The molecule has 0 spiro atoms. The summed E-state index contributed by atoms with van der Waals surface area (Å²) in [4.78, 5) is 26.8. The zero-order chi connectivity index (χ0) is 20.3. The third-order valence-corrected chi connectivity index (χ3v) is 6.07. The highest BCUT2D eigenvalue weighted by molar-refractivity contribution is 6.07. The van der Waals surface area contributed by atoms with Gasteiger partial charge in [-0.2, -0.15) is 0 Å². The van der Waals surface area contributed by atoms with Gasteiger partial charge in [0.25, 0.3) is 5.91 Å². The number of carbonyl (C=O) groups is 1. The monoisotopic (exact) mass is 402 g/mol. The average Bonchev–Trinajstić information content (AvgIpc) is 3.32. The van der Waals surface area contributed by atoms with E-state index >= 15 is 0 Å². The Labute approximate surface area is 176 Å². The molecule has 2 saturated heterocycles. The third kappa shape index (κ3) is 3.93. The molecule has 1 aromatic carbocycles. The Balaban J connectivity index is 1.38. The number of pyridine rings is 2. The van der Waals surface area contributed by atoms with Crippen molar-refractivity contribution in [2.75, 3.05) is 39.3 Å². The van der Waals surface area contributed by atoms with Gasteiger partial charge < -0.3 is 9.64 Å². The van der Waals surface area contributed by atoms with Crippen LogP contribution in [-0.2, 0) is 4.74 Å². The van der Waals surface area contributed by atoms with E-state index in [0.717, 1.165) is 79.9 Å². The van der Waals surface area contributed by atoms with Crippen LogP contribution in [0.1, 0.15) is 23.2 Å². The van der Waals surface area contributed by atoms with Crippen molar-refractivity contribution in [1.29, 1.82) is 0 Å². The molecule has 0 bridgehead atoms. The summed E-state index contributed by atoms with van der Waals surface area (Å²) in [5, 5.41) is 0.905. The van der Waals surface area contributed by atoms with Crippen molar-refractivity contribution in [3.8, 4) is 11.3 Å². The SMILES string of the molecule is O=C(c1cc(-c2ccncc2)nc2ccccc12)N1CCN(CC2CCCO2)CC1. The van der Waals surface area contributed by atoms with Crippen molar-refractivity contribution >= 4 is 16.8 Å². The first-order valence-corrected chi connectivity index (χ1v) is 10.7. The summed E-state index contributed by atoms with van der Waals surface area (Å²) in [5.74, 6) is 0.0840. The van der Waals surface area contributed by atoms with Crippen LogP contribution < -0.4 is 0 Å². The van der Waals surface area contributed by atoms with Gasteiger partial charge in [-0.3, -0.25) is 14.7 Å². The van der Waals surface area contributed by atoms with Crippen LogP contribution in [0.25, 0.3) is 22.2 Å². The largest absolute Gasteiger partial charge is 0.377 e. The maximum absolute atomic E-state index is 13.5. The second-order valence-electron chi connectivity index (χ2n) is 8.04. The van der Waals surface area contributed by atoms with E-state index in [1.807, 2.05) is 47.4 Å². The van der Waals surface area contributed by atoms with E-state index in [2.05, 4.69) is 9.88 Å². The van der Waals surface area contributed by atoms with Crippen LogP contribution in [0.2, 0.25) is 0 Å². The summed E-state index contributed by atoms with van der Waals surface area (Å²) in [6.07, 6.45) is 6.18. The lowest BCUT2D eigenvalue weighted by Gasteiger charge is -2.36. The molecule has 1 atom stereocenters. The maximum Gasteiger partial charge on any atom is 0.254 e. The predicted octanol–water partition coefficient (Wildman–Crippen LogP) is 3.23. The normalized spacial score (nSPS) is 20.0. The fourth-order valence-corrected chi connectivity index (χ4v) is 4.40. The van der Waals surface area contributed by atoms with E-state index in [1.165, 1.54) is 0 Å². The van der Waals surface area contributed by atoms with Crippen LogP contribution in [-0.4, -0.2) is 71.1 Å². The van der Waals surface area contributed by atoms with Gasteiger partial charge in [0, 0.05) is 62.7 Å². The van der Waals surface area contributed by atoms with Gasteiger partial charge in [-0.15, -0.1) is 0 Å². The molecule has 0 saturated carbocycles. The number of para-hydroxylation sites is 1. The first kappa shape index (κ1) is 19.2. The van der Waals surface area contributed by atoms with E-state index in [-0.39, 0.29) is 5.91 Å². The van der Waals surface area contributed by atoms with E-state index in [0.29, 0.717) is 6.10 Å². The zero-order valence-electron chi connectivity index (χ0n) is 17.0. The molecule has 30 heavy (non-hydrogen) atoms. The number of benzene rings is 1. The van der Waals surface area contributed by atoms with Gasteiger partial charge in [-0.25, -0.2) is 4.98 Å². The van der Waals surface area contributed by atoms with Crippen molar-refractivity contribution in [1.82, 2.24) is 19.8 Å². The fraction of sp³-hybridized carbons (Fsp3) is 0.375. The van der Waals surface area contributed by atoms with Gasteiger partial charge in [0.15, 0.2) is 0 Å². The minimum absolute atomic E-state index is 0.0840. The smallest absolute Gasteiger partial charge is 0.254 e. The second-order valence-corrected chi connectivity index (χ2v) is 8.04. The van der Waals surface area contributed by atoms with Crippen LogP contribution in [0.4, 0.5) is 0 Å².